The van der Waals surface area contributed by atoms with Gasteiger partial charge in [-0.3, -0.25) is 11.3 Å². The summed E-state index contributed by atoms with van der Waals surface area (Å²) in [6.45, 7) is 4.84. The van der Waals surface area contributed by atoms with Crippen molar-refractivity contribution in [3.8, 4) is 0 Å². The van der Waals surface area contributed by atoms with Crippen molar-refractivity contribution in [3.05, 3.63) is 11.6 Å². The van der Waals surface area contributed by atoms with Gasteiger partial charge in [0.05, 0.1) is 0 Å². The fourth-order valence-electron chi connectivity index (χ4n) is 0.263. The van der Waals surface area contributed by atoms with E-state index in [2.05, 4.69) is 5.43 Å². The van der Waals surface area contributed by atoms with Crippen LogP contribution in [0.3, 0.4) is 0 Å². The Kier molecular flexibility index (Phi) is 3.65. The van der Waals surface area contributed by atoms with Crippen LogP contribution in [0.5, 0.6) is 0 Å². The van der Waals surface area contributed by atoms with Gasteiger partial charge in [0.2, 0.25) is 0 Å². The van der Waals surface area contributed by atoms with Crippen LogP contribution in [-0.2, 0) is 0 Å². The number of hydrogen-bond acceptors (Lipinski definition) is 2. The standard InChI is InChI=1S/C5H12N2/c1-5(2)3-4-7-6/h3,7H,4,6H2,1-2H3. The average Bonchev–Trinajstić information content (AvgIpc) is 1.61. The third-order valence-electron chi connectivity index (χ3n) is 0.628. The van der Waals surface area contributed by atoms with E-state index in [1.165, 1.54) is 5.57 Å². The lowest BCUT2D eigenvalue weighted by molar-refractivity contribution is 0.819. The molecule has 0 aliphatic heterocycles. The zero-order chi connectivity index (χ0) is 5.70. The van der Waals surface area contributed by atoms with Gasteiger partial charge in [-0.2, -0.15) is 0 Å². The Hall–Kier alpha value is -0.340. The quantitative estimate of drug-likeness (QED) is 0.300. The first-order valence-electron chi connectivity index (χ1n) is 2.34. The second-order valence-corrected chi connectivity index (χ2v) is 1.69. The summed E-state index contributed by atoms with van der Waals surface area (Å²) in [5, 5.41) is 0. The van der Waals surface area contributed by atoms with Crippen LogP contribution < -0.4 is 11.3 Å². The predicted molar refractivity (Wildman–Crippen MR) is 31.6 cm³/mol. The molecule has 0 aromatic heterocycles. The molecule has 0 rings (SSSR count). The van der Waals surface area contributed by atoms with Crippen molar-refractivity contribution in [1.29, 1.82) is 0 Å². The molecule has 0 heterocycles. The van der Waals surface area contributed by atoms with Crippen LogP contribution in [0, 0.1) is 0 Å². The van der Waals surface area contributed by atoms with Gasteiger partial charge in [0.1, 0.15) is 0 Å². The van der Waals surface area contributed by atoms with Crippen molar-refractivity contribution in [2.75, 3.05) is 6.54 Å². The Bertz CT molecular complexity index is 62.5. The maximum Gasteiger partial charge on any atom is 0.0280 e. The van der Waals surface area contributed by atoms with Crippen molar-refractivity contribution in [2.45, 2.75) is 13.8 Å². The van der Waals surface area contributed by atoms with Gasteiger partial charge >= 0.3 is 0 Å². The van der Waals surface area contributed by atoms with Gasteiger partial charge in [-0.15, -0.1) is 0 Å². The number of nitrogens with two attached hydrogens (primary N) is 1. The largest absolute Gasteiger partial charge is 0.271 e. The Morgan fingerprint density at radius 3 is 2.43 bits per heavy atom. The smallest absolute Gasteiger partial charge is 0.0280 e. The van der Waals surface area contributed by atoms with Crippen molar-refractivity contribution in [1.82, 2.24) is 5.43 Å². The number of rotatable bonds is 2. The molecule has 0 aromatic rings. The van der Waals surface area contributed by atoms with E-state index >= 15 is 0 Å². The predicted octanol–water partition coefficient (Wildman–Crippen LogP) is 0.416. The first-order valence-corrected chi connectivity index (χ1v) is 2.34. The van der Waals surface area contributed by atoms with Gasteiger partial charge in [-0.1, -0.05) is 11.6 Å². The van der Waals surface area contributed by atoms with Gasteiger partial charge < -0.3 is 0 Å². The van der Waals surface area contributed by atoms with Gasteiger partial charge in [-0.05, 0) is 13.8 Å². The van der Waals surface area contributed by atoms with E-state index in [0.29, 0.717) is 0 Å². The molecule has 0 saturated heterocycles. The molecule has 2 nitrogen and oxygen atoms in total. The highest BCUT2D eigenvalue weighted by atomic mass is 15.2. The van der Waals surface area contributed by atoms with E-state index in [-0.39, 0.29) is 0 Å². The van der Waals surface area contributed by atoms with E-state index < -0.39 is 0 Å². The van der Waals surface area contributed by atoms with Crippen molar-refractivity contribution in [2.24, 2.45) is 5.84 Å². The normalized spacial score (nSPS) is 8.43. The number of hydrogen-bond donors (Lipinski definition) is 2. The van der Waals surface area contributed by atoms with Crippen LogP contribution in [0.15, 0.2) is 11.6 Å². The third kappa shape index (κ3) is 5.66. The summed E-state index contributed by atoms with van der Waals surface area (Å²) in [5.74, 6) is 4.98. The maximum absolute atomic E-state index is 4.98. The second kappa shape index (κ2) is 3.84. The summed E-state index contributed by atoms with van der Waals surface area (Å²) in [6.07, 6.45) is 2.03. The third-order valence-corrected chi connectivity index (χ3v) is 0.628. The summed E-state index contributed by atoms with van der Waals surface area (Å²) in [7, 11) is 0. The molecule has 0 unspecified atom stereocenters. The lowest BCUT2D eigenvalue weighted by Gasteiger charge is -1.88. The molecule has 2 heteroatoms. The van der Waals surface area contributed by atoms with Crippen LogP contribution >= 0.6 is 0 Å². The SMILES string of the molecule is CC(C)=CCNN. The minimum absolute atomic E-state index is 0.766. The molecule has 0 fully saturated rings. The highest BCUT2D eigenvalue weighted by Gasteiger charge is 1.71. The Morgan fingerprint density at radius 2 is 2.29 bits per heavy atom. The molecule has 0 radical (unpaired) electrons. The van der Waals surface area contributed by atoms with Crippen LogP contribution in [-0.4, -0.2) is 6.54 Å². The second-order valence-electron chi connectivity index (χ2n) is 1.69. The molecule has 3 N–H and O–H groups in total. The molecule has 0 atom stereocenters. The molecule has 42 valence electrons. The van der Waals surface area contributed by atoms with Crippen molar-refractivity contribution in [3.63, 3.8) is 0 Å². The first kappa shape index (κ1) is 6.66. The summed E-state index contributed by atoms with van der Waals surface area (Å²) in [5.41, 5.74) is 3.81. The Morgan fingerprint density at radius 1 is 1.71 bits per heavy atom. The van der Waals surface area contributed by atoms with Crippen LogP contribution in [0.4, 0.5) is 0 Å². The van der Waals surface area contributed by atoms with E-state index in [9.17, 15) is 0 Å². The van der Waals surface area contributed by atoms with E-state index in [1.54, 1.807) is 0 Å². The highest BCUT2D eigenvalue weighted by Crippen LogP contribution is 1.83. The lowest BCUT2D eigenvalue weighted by Crippen LogP contribution is -2.21. The topological polar surface area (TPSA) is 38.0 Å². The van der Waals surface area contributed by atoms with Gasteiger partial charge in [-0.25, -0.2) is 0 Å². The summed E-state index contributed by atoms with van der Waals surface area (Å²) < 4.78 is 0. The molecule has 0 aliphatic rings. The molecule has 0 bridgehead atoms. The van der Waals surface area contributed by atoms with Gasteiger partial charge in [0.15, 0.2) is 0 Å². The zero-order valence-electron chi connectivity index (χ0n) is 4.86. The number of allylic oxidation sites excluding steroid dienone is 1. The number of nitrogens with one attached hydrogen (secondary N) is 1. The summed E-state index contributed by atoms with van der Waals surface area (Å²) in [4.78, 5) is 0. The van der Waals surface area contributed by atoms with E-state index in [4.69, 9.17) is 5.84 Å². The monoisotopic (exact) mass is 100 g/mol. The zero-order valence-corrected chi connectivity index (χ0v) is 4.86. The van der Waals surface area contributed by atoms with Gasteiger partial charge in [0, 0.05) is 6.54 Å². The molecule has 0 spiro atoms. The highest BCUT2D eigenvalue weighted by molar-refractivity contribution is 4.93. The van der Waals surface area contributed by atoms with Gasteiger partial charge in [0.25, 0.3) is 0 Å². The molecule has 0 aliphatic carbocycles. The van der Waals surface area contributed by atoms with Crippen LogP contribution in [0.2, 0.25) is 0 Å². The van der Waals surface area contributed by atoms with Crippen LogP contribution in [0.1, 0.15) is 13.8 Å². The lowest BCUT2D eigenvalue weighted by atomic mass is 10.3. The fraction of sp³-hybridized carbons (Fsp3) is 0.600. The molecular weight excluding hydrogens is 88.1 g/mol. The first-order chi connectivity index (χ1) is 3.27. The maximum atomic E-state index is 4.98. The Labute approximate surface area is 44.4 Å². The fourth-order valence-corrected chi connectivity index (χ4v) is 0.263. The molecule has 0 amide bonds. The minimum atomic E-state index is 0.766. The summed E-state index contributed by atoms with van der Waals surface area (Å²) in [6, 6.07) is 0. The van der Waals surface area contributed by atoms with Crippen LogP contribution in [0.25, 0.3) is 0 Å². The minimum Gasteiger partial charge on any atom is -0.271 e. The number of hydrazine groups is 1. The van der Waals surface area contributed by atoms with Crippen molar-refractivity contribution < 1.29 is 0 Å². The van der Waals surface area contributed by atoms with E-state index in [0.717, 1.165) is 6.54 Å². The van der Waals surface area contributed by atoms with Crippen molar-refractivity contribution >= 4 is 0 Å². The molecular formula is C5H12N2. The Balaban J connectivity index is 3.08. The molecule has 7 heavy (non-hydrogen) atoms. The molecule has 0 aromatic carbocycles. The summed E-state index contributed by atoms with van der Waals surface area (Å²) >= 11 is 0. The molecule has 0 saturated carbocycles. The average molecular weight is 100 g/mol. The van der Waals surface area contributed by atoms with E-state index in [1.807, 2.05) is 19.9 Å².